The van der Waals surface area contributed by atoms with Crippen LogP contribution in [0.5, 0.6) is 0 Å². The van der Waals surface area contributed by atoms with Crippen LogP contribution in [0.1, 0.15) is 0 Å². The fraction of sp³-hybridized carbons (Fsp3) is 0. The van der Waals surface area contributed by atoms with Crippen molar-refractivity contribution >= 4 is 27.5 Å². The maximum Gasteiger partial charge on any atom is 0.136 e. The lowest BCUT2D eigenvalue weighted by Crippen LogP contribution is -1.87. The van der Waals surface area contributed by atoms with Gasteiger partial charge in [0.2, 0.25) is 0 Å². The zero-order chi connectivity index (χ0) is 9.54. The lowest BCUT2D eigenvalue weighted by molar-refractivity contribution is 0.960. The van der Waals surface area contributed by atoms with Crippen molar-refractivity contribution in [1.82, 2.24) is 15.4 Å². The van der Waals surface area contributed by atoms with Crippen molar-refractivity contribution in [2.45, 2.75) is 0 Å². The number of hydrogen-bond acceptors (Lipinski definition) is 3. The Balaban J connectivity index is 2.66. The molecule has 4 nitrogen and oxygen atoms in total. The molecule has 3 N–H and O–H groups in total. The summed E-state index contributed by atoms with van der Waals surface area (Å²) in [6, 6.07) is 9.90. The highest BCUT2D eigenvalue weighted by atomic mass is 15.3. The summed E-state index contributed by atoms with van der Waals surface area (Å²) in [5.41, 5.74) is 8.08. The smallest absolute Gasteiger partial charge is 0.136 e. The maximum atomic E-state index is 5.84. The number of nitrogens with two attached hydrogens (primary N) is 1. The molecule has 3 aromatic rings. The Morgan fingerprint density at radius 1 is 1.07 bits per heavy atom. The third kappa shape index (κ3) is 0.821. The van der Waals surface area contributed by atoms with Crippen molar-refractivity contribution in [3.63, 3.8) is 0 Å². The minimum Gasteiger partial charge on any atom is -0.397 e. The molecule has 0 atom stereocenters. The van der Waals surface area contributed by atoms with Gasteiger partial charge in [0.1, 0.15) is 11.0 Å². The number of benzene rings is 2. The summed E-state index contributed by atoms with van der Waals surface area (Å²) in [5, 5.41) is 12.9. The zero-order valence-corrected chi connectivity index (χ0v) is 7.36. The molecule has 14 heavy (non-hydrogen) atoms. The van der Waals surface area contributed by atoms with Crippen LogP contribution in [0.15, 0.2) is 30.3 Å². The second-order valence-corrected chi connectivity index (χ2v) is 3.21. The Labute approximate surface area is 79.7 Å². The van der Waals surface area contributed by atoms with E-state index >= 15 is 0 Å². The van der Waals surface area contributed by atoms with E-state index in [0.29, 0.717) is 5.69 Å². The van der Waals surface area contributed by atoms with E-state index in [-0.39, 0.29) is 0 Å². The summed E-state index contributed by atoms with van der Waals surface area (Å²) in [5.74, 6) is 0. The lowest BCUT2D eigenvalue weighted by atomic mass is 10.1. The number of H-pyrrole nitrogens is 1. The summed E-state index contributed by atoms with van der Waals surface area (Å²) in [7, 11) is 0. The number of nitrogens with zero attached hydrogens (tertiary/aromatic N) is 2. The number of nitrogens with one attached hydrogen (secondary N) is 1. The average molecular weight is 184 g/mol. The number of aromatic amines is 1. The maximum absolute atomic E-state index is 5.84. The molecule has 0 saturated carbocycles. The van der Waals surface area contributed by atoms with Gasteiger partial charge in [-0.15, -0.1) is 0 Å². The second-order valence-electron chi connectivity index (χ2n) is 3.21. The minimum atomic E-state index is 0.660. The molecule has 2 aromatic carbocycles. The Hall–Kier alpha value is -2.10. The van der Waals surface area contributed by atoms with Crippen LogP contribution >= 0.6 is 0 Å². The normalized spacial score (nSPS) is 11.1. The first-order valence-corrected chi connectivity index (χ1v) is 4.34. The summed E-state index contributed by atoms with van der Waals surface area (Å²) in [6.45, 7) is 0. The monoisotopic (exact) mass is 184 g/mol. The van der Waals surface area contributed by atoms with Gasteiger partial charge in [-0.05, 0) is 11.5 Å². The predicted octanol–water partition coefficient (Wildman–Crippen LogP) is 1.69. The van der Waals surface area contributed by atoms with Gasteiger partial charge in [0.05, 0.1) is 5.69 Å². The summed E-state index contributed by atoms with van der Waals surface area (Å²) in [6.07, 6.45) is 0. The Bertz CT molecular complexity index is 612. The van der Waals surface area contributed by atoms with E-state index in [0.717, 1.165) is 21.8 Å². The van der Waals surface area contributed by atoms with Crippen LogP contribution in [0.4, 0.5) is 5.69 Å². The van der Waals surface area contributed by atoms with Crippen LogP contribution in [0.25, 0.3) is 21.8 Å². The molecule has 0 bridgehead atoms. The van der Waals surface area contributed by atoms with E-state index in [1.807, 2.05) is 30.3 Å². The van der Waals surface area contributed by atoms with Crippen LogP contribution in [0.3, 0.4) is 0 Å². The standard InChI is InChI=1S/C10H8N4/c11-8-5-6-3-1-2-4-7(6)9-10(8)13-14-12-9/h1-5H,11H2,(H,12,13,14). The van der Waals surface area contributed by atoms with Crippen molar-refractivity contribution in [3.8, 4) is 0 Å². The molecular weight excluding hydrogens is 176 g/mol. The number of fused-ring (bicyclic) bond motifs is 3. The lowest BCUT2D eigenvalue weighted by Gasteiger charge is -1.99. The fourth-order valence-electron chi connectivity index (χ4n) is 1.69. The van der Waals surface area contributed by atoms with Gasteiger partial charge in [-0.1, -0.05) is 24.3 Å². The van der Waals surface area contributed by atoms with Gasteiger partial charge in [-0.2, -0.15) is 15.4 Å². The van der Waals surface area contributed by atoms with Gasteiger partial charge in [0, 0.05) is 5.39 Å². The second kappa shape index (κ2) is 2.45. The van der Waals surface area contributed by atoms with Crippen LogP contribution in [-0.2, 0) is 0 Å². The number of aromatic nitrogens is 3. The van der Waals surface area contributed by atoms with Crippen molar-refractivity contribution < 1.29 is 0 Å². The SMILES string of the molecule is Nc1cc2ccccc2c2n[nH]nc12. The van der Waals surface area contributed by atoms with Crippen molar-refractivity contribution in [2.24, 2.45) is 0 Å². The highest BCUT2D eigenvalue weighted by Gasteiger charge is 2.06. The third-order valence-corrected chi connectivity index (χ3v) is 2.35. The van der Waals surface area contributed by atoms with Crippen molar-refractivity contribution in [3.05, 3.63) is 30.3 Å². The van der Waals surface area contributed by atoms with Gasteiger partial charge in [0.15, 0.2) is 0 Å². The molecule has 0 unspecified atom stereocenters. The molecule has 0 fully saturated rings. The molecule has 1 heterocycles. The molecular formula is C10H8N4. The third-order valence-electron chi connectivity index (χ3n) is 2.35. The van der Waals surface area contributed by atoms with Gasteiger partial charge >= 0.3 is 0 Å². The molecule has 4 heteroatoms. The molecule has 0 aliphatic carbocycles. The largest absolute Gasteiger partial charge is 0.397 e. The Kier molecular flexibility index (Phi) is 1.28. The van der Waals surface area contributed by atoms with Gasteiger partial charge in [0.25, 0.3) is 0 Å². The average Bonchev–Trinajstić information content (AvgIpc) is 2.67. The molecule has 0 saturated heterocycles. The summed E-state index contributed by atoms with van der Waals surface area (Å²) in [4.78, 5) is 0. The van der Waals surface area contributed by atoms with E-state index in [9.17, 15) is 0 Å². The zero-order valence-electron chi connectivity index (χ0n) is 7.36. The molecule has 0 spiro atoms. The molecule has 3 rings (SSSR count). The van der Waals surface area contributed by atoms with Gasteiger partial charge in [-0.3, -0.25) is 0 Å². The summed E-state index contributed by atoms with van der Waals surface area (Å²) < 4.78 is 0. The van der Waals surface area contributed by atoms with E-state index in [1.165, 1.54) is 0 Å². The van der Waals surface area contributed by atoms with Crippen LogP contribution < -0.4 is 5.73 Å². The first kappa shape index (κ1) is 7.32. The number of anilines is 1. The Morgan fingerprint density at radius 2 is 1.86 bits per heavy atom. The topological polar surface area (TPSA) is 67.6 Å². The molecule has 68 valence electrons. The van der Waals surface area contributed by atoms with Gasteiger partial charge in [-0.25, -0.2) is 0 Å². The number of nitrogen functional groups attached to an aromatic ring is 1. The van der Waals surface area contributed by atoms with E-state index < -0.39 is 0 Å². The van der Waals surface area contributed by atoms with Crippen LogP contribution in [-0.4, -0.2) is 15.4 Å². The minimum absolute atomic E-state index is 0.660. The Morgan fingerprint density at radius 3 is 2.79 bits per heavy atom. The molecule has 0 amide bonds. The van der Waals surface area contributed by atoms with E-state index in [4.69, 9.17) is 5.73 Å². The first-order valence-electron chi connectivity index (χ1n) is 4.34. The molecule has 0 aliphatic rings. The molecule has 0 aliphatic heterocycles. The molecule has 0 radical (unpaired) electrons. The number of hydrogen-bond donors (Lipinski definition) is 2. The first-order chi connectivity index (χ1) is 6.86. The van der Waals surface area contributed by atoms with E-state index in [1.54, 1.807) is 0 Å². The highest BCUT2D eigenvalue weighted by molar-refractivity contribution is 6.08. The van der Waals surface area contributed by atoms with Crippen molar-refractivity contribution in [2.75, 3.05) is 5.73 Å². The fourth-order valence-corrected chi connectivity index (χ4v) is 1.69. The quantitative estimate of drug-likeness (QED) is 0.522. The van der Waals surface area contributed by atoms with Crippen LogP contribution in [0.2, 0.25) is 0 Å². The summed E-state index contributed by atoms with van der Waals surface area (Å²) >= 11 is 0. The number of rotatable bonds is 0. The van der Waals surface area contributed by atoms with E-state index in [2.05, 4.69) is 15.4 Å². The predicted molar refractivity (Wildman–Crippen MR) is 55.8 cm³/mol. The van der Waals surface area contributed by atoms with Crippen LogP contribution in [0, 0.1) is 0 Å². The van der Waals surface area contributed by atoms with Crippen molar-refractivity contribution in [1.29, 1.82) is 0 Å². The highest BCUT2D eigenvalue weighted by Crippen LogP contribution is 2.26. The molecule has 1 aromatic heterocycles. The van der Waals surface area contributed by atoms with Gasteiger partial charge < -0.3 is 5.73 Å².